The third-order valence-electron chi connectivity index (χ3n) is 7.70. The van der Waals surface area contributed by atoms with Crippen molar-refractivity contribution in [3.8, 4) is 17.3 Å². The Morgan fingerprint density at radius 3 is 2.22 bits per heavy atom. The summed E-state index contributed by atoms with van der Waals surface area (Å²) in [5, 5.41) is 15.7. The number of halogens is 2. The van der Waals surface area contributed by atoms with Gasteiger partial charge in [0.05, 0.1) is 28.9 Å². The molecule has 0 saturated heterocycles. The van der Waals surface area contributed by atoms with Crippen molar-refractivity contribution in [3.05, 3.63) is 88.3 Å². The number of aromatic nitrogens is 4. The lowest BCUT2D eigenvalue weighted by atomic mass is 9.69. The number of thiazole rings is 1. The third-order valence-corrected chi connectivity index (χ3v) is 9.22. The molecule has 0 fully saturated rings. The van der Waals surface area contributed by atoms with Crippen molar-refractivity contribution < 1.29 is 32.4 Å². The molecule has 2 aromatic carbocycles. The average Bonchev–Trinajstić information content (AvgIpc) is 3.62. The van der Waals surface area contributed by atoms with Gasteiger partial charge in [0.2, 0.25) is 0 Å². The van der Waals surface area contributed by atoms with Gasteiger partial charge in [0.15, 0.2) is 5.79 Å². The first-order chi connectivity index (χ1) is 20.8. The molecule has 0 aliphatic carbocycles. The fourth-order valence-corrected chi connectivity index (χ4v) is 7.59. The van der Waals surface area contributed by atoms with Crippen molar-refractivity contribution in [3.63, 3.8) is 0 Å². The maximum absolute atomic E-state index is 16.1. The van der Waals surface area contributed by atoms with Crippen LogP contribution in [0.3, 0.4) is 0 Å². The van der Waals surface area contributed by atoms with Gasteiger partial charge in [-0.3, -0.25) is 4.52 Å². The van der Waals surface area contributed by atoms with Crippen LogP contribution in [0.1, 0.15) is 70.5 Å². The van der Waals surface area contributed by atoms with E-state index in [1.165, 1.54) is 34.7 Å². The number of nitriles is 1. The maximum Gasteiger partial charge on any atom is 0.472 e. The predicted molar refractivity (Wildman–Crippen MR) is 165 cm³/mol. The van der Waals surface area contributed by atoms with Gasteiger partial charge < -0.3 is 14.5 Å². The molecule has 0 aliphatic rings. The second kappa shape index (κ2) is 12.4. The van der Waals surface area contributed by atoms with E-state index in [4.69, 9.17) is 14.2 Å². The molecule has 0 spiro atoms. The minimum atomic E-state index is -5.24. The lowest BCUT2D eigenvalue weighted by Crippen LogP contribution is -2.61. The van der Waals surface area contributed by atoms with E-state index in [1.54, 1.807) is 78.1 Å². The number of phosphoric ester groups is 1. The highest BCUT2D eigenvalue weighted by atomic mass is 32.1. The summed E-state index contributed by atoms with van der Waals surface area (Å²) in [4.78, 5) is 29.4. The van der Waals surface area contributed by atoms with Crippen molar-refractivity contribution in [1.82, 2.24) is 19.7 Å². The zero-order valence-electron chi connectivity index (χ0n) is 26.0. The van der Waals surface area contributed by atoms with Crippen molar-refractivity contribution in [2.75, 3.05) is 0 Å². The number of hydrogen-bond donors (Lipinski definition) is 2. The predicted octanol–water partition coefficient (Wildman–Crippen LogP) is 7.17. The largest absolute Gasteiger partial charge is 0.472 e. The minimum absolute atomic E-state index is 0.103. The van der Waals surface area contributed by atoms with E-state index >= 15 is 4.39 Å². The Morgan fingerprint density at radius 2 is 1.71 bits per heavy atom. The summed E-state index contributed by atoms with van der Waals surface area (Å²) in [5.41, 5.74) is -2.41. The summed E-state index contributed by atoms with van der Waals surface area (Å²) in [6.07, 6.45) is 2.69. The standard InChI is InChI=1S/C31H36F2N5O5PS/c1-20(27-37-26(16-45-27)22-10-8-21(15-34)9-11-22)30(17-38-19-35-18-36-38,24-13-12-23(32)14-25(24)33)42-31(28(2,3)4,29(5,6)7)43-44(39,40)41/h8-14,16,18-20H,17H2,1-7H3,(H2,39,40,41)/t20-,30+/m0/s1. The van der Waals surface area contributed by atoms with Crippen molar-refractivity contribution in [2.45, 2.75) is 72.3 Å². The molecule has 0 saturated carbocycles. The highest BCUT2D eigenvalue weighted by molar-refractivity contribution is 7.46. The number of ether oxygens (including phenoxy) is 1. The minimum Gasteiger partial charge on any atom is -0.334 e. The molecule has 2 N–H and O–H groups in total. The summed E-state index contributed by atoms with van der Waals surface area (Å²) in [6, 6.07) is 12.0. The molecule has 0 radical (unpaired) electrons. The monoisotopic (exact) mass is 659 g/mol. The quantitative estimate of drug-likeness (QED) is 0.134. The smallest absolute Gasteiger partial charge is 0.334 e. The second-order valence-electron chi connectivity index (χ2n) is 12.9. The second-order valence-corrected chi connectivity index (χ2v) is 14.9. The first-order valence-electron chi connectivity index (χ1n) is 14.0. The molecular formula is C31H36F2N5O5PS. The van der Waals surface area contributed by atoms with Crippen LogP contribution in [0.15, 0.2) is 60.5 Å². The van der Waals surface area contributed by atoms with Crippen LogP contribution in [-0.2, 0) is 26.0 Å². The molecule has 0 amide bonds. The van der Waals surface area contributed by atoms with E-state index in [0.29, 0.717) is 16.3 Å². The van der Waals surface area contributed by atoms with Crippen LogP contribution >= 0.6 is 19.2 Å². The number of nitrogens with zero attached hydrogens (tertiary/aromatic N) is 5. The van der Waals surface area contributed by atoms with E-state index in [0.717, 1.165) is 17.7 Å². The molecule has 4 rings (SSSR count). The molecule has 0 unspecified atom stereocenters. The van der Waals surface area contributed by atoms with Gasteiger partial charge in [-0.2, -0.15) is 10.4 Å². The van der Waals surface area contributed by atoms with Gasteiger partial charge >= 0.3 is 7.82 Å². The van der Waals surface area contributed by atoms with E-state index < -0.39 is 47.6 Å². The molecule has 10 nitrogen and oxygen atoms in total. The van der Waals surface area contributed by atoms with Crippen LogP contribution in [0, 0.1) is 33.8 Å². The Hall–Kier alpha value is -3.37. The van der Waals surface area contributed by atoms with Crippen molar-refractivity contribution in [2.24, 2.45) is 10.8 Å². The van der Waals surface area contributed by atoms with Crippen molar-refractivity contribution in [1.29, 1.82) is 5.26 Å². The zero-order valence-corrected chi connectivity index (χ0v) is 27.7. The molecule has 2 atom stereocenters. The number of benzene rings is 2. The molecule has 2 aromatic heterocycles. The first kappa shape index (κ1) is 34.5. The maximum atomic E-state index is 16.1. The number of hydrogen-bond acceptors (Lipinski definition) is 8. The first-order valence-corrected chi connectivity index (χ1v) is 16.4. The molecular weight excluding hydrogens is 623 g/mol. The van der Waals surface area contributed by atoms with E-state index in [2.05, 4.69) is 16.2 Å². The van der Waals surface area contributed by atoms with Gasteiger partial charge in [-0.15, -0.1) is 11.3 Å². The van der Waals surface area contributed by atoms with Crippen LogP contribution in [0.4, 0.5) is 8.78 Å². The van der Waals surface area contributed by atoms with Gasteiger partial charge in [-0.1, -0.05) is 66.7 Å². The van der Waals surface area contributed by atoms with Crippen molar-refractivity contribution >= 4 is 19.2 Å². The molecule has 0 bridgehead atoms. The van der Waals surface area contributed by atoms with Gasteiger partial charge in [0, 0.05) is 39.3 Å². The number of rotatable bonds is 10. The van der Waals surface area contributed by atoms with Crippen LogP contribution in [0.2, 0.25) is 0 Å². The number of phosphoric acid groups is 1. The lowest BCUT2D eigenvalue weighted by molar-refractivity contribution is -0.355. The Bertz CT molecular complexity index is 1710. The summed E-state index contributed by atoms with van der Waals surface area (Å²) < 4.78 is 57.2. The normalized spacial score (nSPS) is 15.0. The molecule has 45 heavy (non-hydrogen) atoms. The van der Waals surface area contributed by atoms with Gasteiger partial charge in [0.1, 0.15) is 29.9 Å². The summed E-state index contributed by atoms with van der Waals surface area (Å²) in [7, 11) is -5.24. The van der Waals surface area contributed by atoms with Gasteiger partial charge in [0.25, 0.3) is 0 Å². The molecule has 4 aromatic rings. The molecule has 240 valence electrons. The van der Waals surface area contributed by atoms with Crippen LogP contribution in [0.5, 0.6) is 0 Å². The van der Waals surface area contributed by atoms with E-state index in [1.807, 2.05) is 0 Å². The summed E-state index contributed by atoms with van der Waals surface area (Å²) >= 11 is 1.27. The van der Waals surface area contributed by atoms with E-state index in [-0.39, 0.29) is 12.1 Å². The fraction of sp³-hybridized carbons (Fsp3) is 0.419. The Labute approximate surface area is 264 Å². The topological polar surface area (TPSA) is 143 Å². The Kier molecular flexibility index (Phi) is 9.54. The van der Waals surface area contributed by atoms with Crippen LogP contribution < -0.4 is 0 Å². The Balaban J connectivity index is 2.04. The summed E-state index contributed by atoms with van der Waals surface area (Å²) in [6.45, 7) is 11.7. The Morgan fingerprint density at radius 1 is 1.07 bits per heavy atom. The highest BCUT2D eigenvalue weighted by Crippen LogP contribution is 2.60. The van der Waals surface area contributed by atoms with Gasteiger partial charge in [-0.25, -0.2) is 28.0 Å². The SMILES string of the molecule is C[C@@H](c1nc(-c2ccc(C#N)cc2)cs1)[C@@](Cn1cncn1)(OC(OP(=O)(O)O)(C(C)(C)C)C(C)(C)C)c1ccc(F)cc1F. The van der Waals surface area contributed by atoms with E-state index in [9.17, 15) is 24.0 Å². The van der Waals surface area contributed by atoms with Crippen LogP contribution in [0.25, 0.3) is 11.3 Å². The highest BCUT2D eigenvalue weighted by Gasteiger charge is 2.62. The fourth-order valence-electron chi connectivity index (χ4n) is 5.70. The average molecular weight is 660 g/mol. The molecule has 14 heteroatoms. The zero-order chi connectivity index (χ0) is 33.4. The van der Waals surface area contributed by atoms with Gasteiger partial charge in [-0.05, 0) is 18.2 Å². The lowest BCUT2D eigenvalue weighted by Gasteiger charge is -2.56. The molecule has 0 aliphatic heterocycles. The van der Waals surface area contributed by atoms with Crippen LogP contribution in [-0.4, -0.2) is 35.3 Å². The summed E-state index contributed by atoms with van der Waals surface area (Å²) in [5.74, 6) is -4.69. The molecule has 2 heterocycles. The third kappa shape index (κ3) is 7.07.